The lowest BCUT2D eigenvalue weighted by Crippen LogP contribution is -2.41. The highest BCUT2D eigenvalue weighted by Crippen LogP contribution is 2.19. The number of carbonyl (C=O) groups is 2. The molecule has 6 heteroatoms. The van der Waals surface area contributed by atoms with Crippen LogP contribution in [0.2, 0.25) is 0 Å². The number of amides is 2. The number of likely N-dealkylation sites (tertiary alicyclic amines) is 1. The van der Waals surface area contributed by atoms with Crippen LogP contribution in [0.5, 0.6) is 0 Å². The topological polar surface area (TPSA) is 62.3 Å². The van der Waals surface area contributed by atoms with Gasteiger partial charge in [-0.3, -0.25) is 9.59 Å². The monoisotopic (exact) mass is 279 g/mol. The number of nitrogens with zero attached hydrogens (tertiary/aromatic N) is 2. The van der Waals surface area contributed by atoms with Crippen molar-refractivity contribution in [1.82, 2.24) is 15.2 Å². The van der Waals surface area contributed by atoms with Gasteiger partial charge in [0.15, 0.2) is 0 Å². The van der Waals surface area contributed by atoms with E-state index in [0.29, 0.717) is 25.6 Å². The number of rotatable bonds is 3. The fraction of sp³-hybridized carbons (Fsp3) is 0.500. The van der Waals surface area contributed by atoms with Crippen LogP contribution in [0.15, 0.2) is 18.3 Å². The molecule has 2 amide bonds. The molecule has 0 unspecified atom stereocenters. The second kappa shape index (κ2) is 6.45. The molecule has 0 aromatic carbocycles. The van der Waals surface area contributed by atoms with E-state index in [1.54, 1.807) is 11.0 Å². The highest BCUT2D eigenvalue weighted by Gasteiger charge is 2.25. The minimum Gasteiger partial charge on any atom is -0.356 e. The molecule has 1 aliphatic rings. The zero-order valence-corrected chi connectivity index (χ0v) is 11.4. The molecule has 0 bridgehead atoms. The Morgan fingerprint density at radius 3 is 2.75 bits per heavy atom. The summed E-state index contributed by atoms with van der Waals surface area (Å²) in [5.74, 6) is -0.700. The number of pyridine rings is 1. The molecule has 0 atom stereocenters. The Balaban J connectivity index is 1.89. The summed E-state index contributed by atoms with van der Waals surface area (Å²) in [6, 6.07) is 3.01. The van der Waals surface area contributed by atoms with Crippen LogP contribution in [0.3, 0.4) is 0 Å². The Kier molecular flexibility index (Phi) is 4.65. The Morgan fingerprint density at radius 2 is 2.15 bits per heavy atom. The number of piperidine rings is 1. The van der Waals surface area contributed by atoms with Crippen LogP contribution in [0, 0.1) is 11.9 Å². The number of halogens is 1. The van der Waals surface area contributed by atoms with Crippen LogP contribution in [-0.2, 0) is 4.79 Å². The van der Waals surface area contributed by atoms with Gasteiger partial charge in [-0.15, -0.1) is 0 Å². The quantitative estimate of drug-likeness (QED) is 0.846. The molecule has 0 spiro atoms. The van der Waals surface area contributed by atoms with E-state index in [-0.39, 0.29) is 17.4 Å². The average Bonchev–Trinajstić information content (AvgIpc) is 2.45. The molecule has 2 heterocycles. The maximum atomic E-state index is 13.5. The Labute approximate surface area is 117 Å². The number of hydrogen-bond acceptors (Lipinski definition) is 3. The lowest BCUT2D eigenvalue weighted by Gasteiger charge is -2.32. The first-order valence-electron chi connectivity index (χ1n) is 6.72. The van der Waals surface area contributed by atoms with Crippen molar-refractivity contribution in [2.24, 2.45) is 5.92 Å². The standard InChI is InChI=1S/C14H18FN3O2/c1-10(19)17-9-11-4-7-18(8-5-11)14(20)12-3-2-6-16-13(12)15/h2-3,6,11H,4-5,7-9H2,1H3,(H,17,19). The van der Waals surface area contributed by atoms with Crippen LogP contribution in [0.25, 0.3) is 0 Å². The summed E-state index contributed by atoms with van der Waals surface area (Å²) in [7, 11) is 0. The Morgan fingerprint density at radius 1 is 1.45 bits per heavy atom. The molecular formula is C14H18FN3O2. The normalized spacial score (nSPS) is 16.0. The Hall–Kier alpha value is -1.98. The molecule has 1 aromatic rings. The van der Waals surface area contributed by atoms with E-state index in [0.717, 1.165) is 12.8 Å². The summed E-state index contributed by atoms with van der Waals surface area (Å²) in [4.78, 5) is 28.2. The number of aromatic nitrogens is 1. The summed E-state index contributed by atoms with van der Waals surface area (Å²) >= 11 is 0. The highest BCUT2D eigenvalue weighted by atomic mass is 19.1. The van der Waals surface area contributed by atoms with Gasteiger partial charge in [0.1, 0.15) is 0 Å². The van der Waals surface area contributed by atoms with Crippen LogP contribution in [0.1, 0.15) is 30.1 Å². The molecule has 0 aliphatic carbocycles. The van der Waals surface area contributed by atoms with Crippen LogP contribution >= 0.6 is 0 Å². The van der Waals surface area contributed by atoms with Gasteiger partial charge in [-0.1, -0.05) is 0 Å². The number of hydrogen-bond donors (Lipinski definition) is 1. The maximum Gasteiger partial charge on any atom is 0.258 e. The largest absolute Gasteiger partial charge is 0.356 e. The number of nitrogens with one attached hydrogen (secondary N) is 1. The molecule has 0 radical (unpaired) electrons. The van der Waals surface area contributed by atoms with Gasteiger partial charge in [0.05, 0.1) is 5.56 Å². The number of carbonyl (C=O) groups excluding carboxylic acids is 2. The fourth-order valence-electron chi connectivity index (χ4n) is 2.34. The highest BCUT2D eigenvalue weighted by molar-refractivity contribution is 5.94. The summed E-state index contributed by atoms with van der Waals surface area (Å²) in [5, 5.41) is 2.79. The van der Waals surface area contributed by atoms with Crippen molar-refractivity contribution in [3.05, 3.63) is 29.8 Å². The van der Waals surface area contributed by atoms with E-state index in [1.165, 1.54) is 19.2 Å². The predicted molar refractivity (Wildman–Crippen MR) is 71.5 cm³/mol. The molecule has 20 heavy (non-hydrogen) atoms. The molecule has 1 aliphatic heterocycles. The van der Waals surface area contributed by atoms with Crippen LogP contribution in [-0.4, -0.2) is 41.3 Å². The van der Waals surface area contributed by atoms with Gasteiger partial charge in [-0.2, -0.15) is 4.39 Å². The van der Waals surface area contributed by atoms with Gasteiger partial charge in [-0.05, 0) is 30.9 Å². The van der Waals surface area contributed by atoms with Gasteiger partial charge < -0.3 is 10.2 Å². The zero-order chi connectivity index (χ0) is 14.5. The fourth-order valence-corrected chi connectivity index (χ4v) is 2.34. The lowest BCUT2D eigenvalue weighted by molar-refractivity contribution is -0.119. The predicted octanol–water partition coefficient (Wildman–Crippen LogP) is 1.21. The Bertz CT molecular complexity index is 499. The van der Waals surface area contributed by atoms with E-state index in [2.05, 4.69) is 10.3 Å². The minimum atomic E-state index is -0.724. The van der Waals surface area contributed by atoms with E-state index >= 15 is 0 Å². The molecule has 5 nitrogen and oxygen atoms in total. The van der Waals surface area contributed by atoms with Crippen molar-refractivity contribution >= 4 is 11.8 Å². The molecular weight excluding hydrogens is 261 g/mol. The zero-order valence-electron chi connectivity index (χ0n) is 11.4. The summed E-state index contributed by atoms with van der Waals surface area (Å²) in [6.07, 6.45) is 2.95. The third-order valence-corrected chi connectivity index (χ3v) is 3.53. The average molecular weight is 279 g/mol. The van der Waals surface area contributed by atoms with Gasteiger partial charge in [-0.25, -0.2) is 4.98 Å². The third kappa shape index (κ3) is 3.53. The summed E-state index contributed by atoms with van der Waals surface area (Å²) in [6.45, 7) is 3.29. The molecule has 1 saturated heterocycles. The summed E-state index contributed by atoms with van der Waals surface area (Å²) < 4.78 is 13.5. The first-order chi connectivity index (χ1) is 9.58. The molecule has 1 aromatic heterocycles. The second-order valence-electron chi connectivity index (χ2n) is 5.01. The van der Waals surface area contributed by atoms with E-state index < -0.39 is 5.95 Å². The third-order valence-electron chi connectivity index (χ3n) is 3.53. The SMILES string of the molecule is CC(=O)NCC1CCN(C(=O)c2cccnc2F)CC1. The molecule has 1 N–H and O–H groups in total. The molecule has 1 fully saturated rings. The van der Waals surface area contributed by atoms with Crippen molar-refractivity contribution in [3.63, 3.8) is 0 Å². The van der Waals surface area contributed by atoms with E-state index in [9.17, 15) is 14.0 Å². The smallest absolute Gasteiger partial charge is 0.258 e. The van der Waals surface area contributed by atoms with E-state index in [4.69, 9.17) is 0 Å². The van der Waals surface area contributed by atoms with Crippen molar-refractivity contribution in [2.45, 2.75) is 19.8 Å². The van der Waals surface area contributed by atoms with Crippen molar-refractivity contribution < 1.29 is 14.0 Å². The van der Waals surface area contributed by atoms with Gasteiger partial charge >= 0.3 is 0 Å². The van der Waals surface area contributed by atoms with Crippen molar-refractivity contribution in [2.75, 3.05) is 19.6 Å². The van der Waals surface area contributed by atoms with Gasteiger partial charge in [0.2, 0.25) is 11.9 Å². The second-order valence-corrected chi connectivity index (χ2v) is 5.01. The van der Waals surface area contributed by atoms with E-state index in [1.807, 2.05) is 0 Å². The first-order valence-corrected chi connectivity index (χ1v) is 6.72. The van der Waals surface area contributed by atoms with Gasteiger partial charge in [0.25, 0.3) is 5.91 Å². The first kappa shape index (κ1) is 14.4. The van der Waals surface area contributed by atoms with Crippen molar-refractivity contribution in [3.8, 4) is 0 Å². The summed E-state index contributed by atoms with van der Waals surface area (Å²) in [5.41, 5.74) is 0.0211. The molecule has 108 valence electrons. The van der Waals surface area contributed by atoms with Crippen LogP contribution < -0.4 is 5.32 Å². The molecule has 2 rings (SSSR count). The molecule has 0 saturated carbocycles. The van der Waals surface area contributed by atoms with Crippen molar-refractivity contribution in [1.29, 1.82) is 0 Å². The van der Waals surface area contributed by atoms with Gasteiger partial charge in [0, 0.05) is 32.8 Å². The minimum absolute atomic E-state index is 0.0211. The van der Waals surface area contributed by atoms with Crippen LogP contribution in [0.4, 0.5) is 4.39 Å². The lowest BCUT2D eigenvalue weighted by atomic mass is 9.96. The maximum absolute atomic E-state index is 13.5.